The number of esters is 1. The van der Waals surface area contributed by atoms with Gasteiger partial charge in [0.1, 0.15) is 5.75 Å². The van der Waals surface area contributed by atoms with E-state index in [9.17, 15) is 9.59 Å². The van der Waals surface area contributed by atoms with Crippen molar-refractivity contribution in [3.8, 4) is 5.75 Å². The van der Waals surface area contributed by atoms with E-state index in [2.05, 4.69) is 31.4 Å². The maximum Gasteiger partial charge on any atom is 0.337 e. The number of carbonyl (C=O) groups excluding carboxylic acids is 2. The zero-order valence-electron chi connectivity index (χ0n) is 15.9. The second-order valence-electron chi connectivity index (χ2n) is 6.76. The molecule has 1 aromatic carbocycles. The van der Waals surface area contributed by atoms with Crippen molar-refractivity contribution in [2.45, 2.75) is 46.1 Å². The third-order valence-corrected chi connectivity index (χ3v) is 4.14. The van der Waals surface area contributed by atoms with Crippen molar-refractivity contribution in [3.05, 3.63) is 41.1 Å². The van der Waals surface area contributed by atoms with E-state index < -0.39 is 12.0 Å². The number of urea groups is 1. The SMILES string of the molecule is CCCCC1=C(C(=O)OC)C(c2ccccc2OCC(C)C)NC(=O)N1. The van der Waals surface area contributed by atoms with E-state index in [0.29, 0.717) is 36.0 Å². The minimum atomic E-state index is -0.605. The topological polar surface area (TPSA) is 76.7 Å². The van der Waals surface area contributed by atoms with Crippen LogP contribution in [0.2, 0.25) is 0 Å². The predicted octanol–water partition coefficient (Wildman–Crippen LogP) is 3.69. The van der Waals surface area contributed by atoms with Gasteiger partial charge in [0, 0.05) is 11.3 Å². The zero-order chi connectivity index (χ0) is 19.1. The summed E-state index contributed by atoms with van der Waals surface area (Å²) in [6.07, 6.45) is 2.44. The van der Waals surface area contributed by atoms with E-state index in [1.54, 1.807) is 0 Å². The average molecular weight is 360 g/mol. The van der Waals surface area contributed by atoms with Gasteiger partial charge in [0.2, 0.25) is 0 Å². The number of unbranched alkanes of at least 4 members (excludes halogenated alkanes) is 1. The lowest BCUT2D eigenvalue weighted by Crippen LogP contribution is -2.46. The first-order valence-electron chi connectivity index (χ1n) is 9.08. The first kappa shape index (κ1) is 19.8. The molecule has 1 atom stereocenters. The molecule has 1 heterocycles. The molecule has 0 radical (unpaired) electrons. The summed E-state index contributed by atoms with van der Waals surface area (Å²) in [6.45, 7) is 6.75. The van der Waals surface area contributed by atoms with Gasteiger partial charge >= 0.3 is 12.0 Å². The van der Waals surface area contributed by atoms with Crippen LogP contribution in [0, 0.1) is 5.92 Å². The van der Waals surface area contributed by atoms with Crippen LogP contribution < -0.4 is 15.4 Å². The van der Waals surface area contributed by atoms with Gasteiger partial charge in [-0.1, -0.05) is 45.4 Å². The van der Waals surface area contributed by atoms with Gasteiger partial charge in [-0.25, -0.2) is 9.59 Å². The Kier molecular flexibility index (Phi) is 7.06. The van der Waals surface area contributed by atoms with E-state index >= 15 is 0 Å². The molecule has 6 nitrogen and oxygen atoms in total. The number of hydrogen-bond donors (Lipinski definition) is 2. The molecular formula is C20H28N2O4. The molecule has 0 saturated heterocycles. The van der Waals surface area contributed by atoms with Gasteiger partial charge in [0.25, 0.3) is 0 Å². The highest BCUT2D eigenvalue weighted by atomic mass is 16.5. The first-order chi connectivity index (χ1) is 12.5. The lowest BCUT2D eigenvalue weighted by Gasteiger charge is -2.30. The van der Waals surface area contributed by atoms with Crippen molar-refractivity contribution in [3.63, 3.8) is 0 Å². The largest absolute Gasteiger partial charge is 0.493 e. The molecule has 0 bridgehead atoms. The number of para-hydroxylation sites is 1. The second-order valence-corrected chi connectivity index (χ2v) is 6.76. The highest BCUT2D eigenvalue weighted by Crippen LogP contribution is 2.34. The van der Waals surface area contributed by atoms with Crippen molar-refractivity contribution in [1.82, 2.24) is 10.6 Å². The van der Waals surface area contributed by atoms with Crippen LogP contribution in [-0.2, 0) is 9.53 Å². The quantitative estimate of drug-likeness (QED) is 0.693. The molecule has 6 heteroatoms. The van der Waals surface area contributed by atoms with E-state index in [1.165, 1.54) is 7.11 Å². The molecule has 0 aliphatic carbocycles. The van der Waals surface area contributed by atoms with Crippen LogP contribution in [-0.4, -0.2) is 25.7 Å². The van der Waals surface area contributed by atoms with Gasteiger partial charge in [-0.15, -0.1) is 0 Å². The number of carbonyl (C=O) groups is 2. The minimum Gasteiger partial charge on any atom is -0.493 e. The van der Waals surface area contributed by atoms with Crippen LogP contribution in [0.5, 0.6) is 5.75 Å². The van der Waals surface area contributed by atoms with E-state index in [4.69, 9.17) is 9.47 Å². The Bertz CT molecular complexity index is 682. The molecule has 0 saturated carbocycles. The number of allylic oxidation sites excluding steroid dienone is 1. The van der Waals surface area contributed by atoms with Crippen LogP contribution in [0.25, 0.3) is 0 Å². The standard InChI is InChI=1S/C20H28N2O4/c1-5-6-10-15-17(19(23)25-4)18(22-20(24)21-15)14-9-7-8-11-16(14)26-12-13(2)3/h7-9,11,13,18H,5-6,10,12H2,1-4H3,(H2,21,22,24). The predicted molar refractivity (Wildman–Crippen MR) is 99.8 cm³/mol. The van der Waals surface area contributed by atoms with Crippen molar-refractivity contribution in [2.75, 3.05) is 13.7 Å². The second kappa shape index (κ2) is 9.27. The van der Waals surface area contributed by atoms with Gasteiger partial charge in [-0.3, -0.25) is 0 Å². The monoisotopic (exact) mass is 360 g/mol. The lowest BCUT2D eigenvalue weighted by molar-refractivity contribution is -0.136. The Balaban J connectivity index is 2.47. The molecule has 1 aliphatic rings. The Hall–Kier alpha value is -2.50. The number of rotatable bonds is 8. The number of nitrogens with one attached hydrogen (secondary N) is 2. The minimum absolute atomic E-state index is 0.326. The number of methoxy groups -OCH3 is 1. The third kappa shape index (κ3) is 4.77. The summed E-state index contributed by atoms with van der Waals surface area (Å²) < 4.78 is 10.9. The summed E-state index contributed by atoms with van der Waals surface area (Å²) in [4.78, 5) is 24.7. The van der Waals surface area contributed by atoms with Gasteiger partial charge in [0.05, 0.1) is 25.3 Å². The average Bonchev–Trinajstić information content (AvgIpc) is 2.63. The van der Waals surface area contributed by atoms with Crippen molar-refractivity contribution >= 4 is 12.0 Å². The van der Waals surface area contributed by atoms with E-state index in [0.717, 1.165) is 18.4 Å². The first-order valence-corrected chi connectivity index (χ1v) is 9.08. The summed E-state index contributed by atoms with van der Waals surface area (Å²) in [6, 6.07) is 6.53. The van der Waals surface area contributed by atoms with Crippen molar-refractivity contribution in [1.29, 1.82) is 0 Å². The zero-order valence-corrected chi connectivity index (χ0v) is 15.9. The molecule has 2 amide bonds. The van der Waals surface area contributed by atoms with Gasteiger partial charge in [0.15, 0.2) is 0 Å². The Morgan fingerprint density at radius 2 is 2.00 bits per heavy atom. The number of hydrogen-bond acceptors (Lipinski definition) is 4. The summed E-state index contributed by atoms with van der Waals surface area (Å²) in [5.74, 6) is 0.568. The Morgan fingerprint density at radius 1 is 1.27 bits per heavy atom. The van der Waals surface area contributed by atoms with Crippen LogP contribution in [0.4, 0.5) is 4.79 Å². The Morgan fingerprint density at radius 3 is 2.65 bits per heavy atom. The molecule has 0 aromatic heterocycles. The highest BCUT2D eigenvalue weighted by Gasteiger charge is 2.34. The smallest absolute Gasteiger partial charge is 0.337 e. The number of benzene rings is 1. The molecule has 2 N–H and O–H groups in total. The summed E-state index contributed by atoms with van der Waals surface area (Å²) in [7, 11) is 1.35. The third-order valence-electron chi connectivity index (χ3n) is 4.14. The summed E-state index contributed by atoms with van der Waals surface area (Å²) in [5.41, 5.74) is 1.80. The fourth-order valence-corrected chi connectivity index (χ4v) is 2.86. The van der Waals surface area contributed by atoms with Crippen LogP contribution >= 0.6 is 0 Å². The normalized spacial score (nSPS) is 17.0. The molecule has 142 valence electrons. The molecule has 26 heavy (non-hydrogen) atoms. The molecule has 2 rings (SSSR count). The number of ether oxygens (including phenoxy) is 2. The molecule has 1 aliphatic heterocycles. The number of amides is 2. The molecule has 1 aromatic rings. The maximum absolute atomic E-state index is 12.5. The maximum atomic E-state index is 12.5. The fraction of sp³-hybridized carbons (Fsp3) is 0.500. The molecular weight excluding hydrogens is 332 g/mol. The fourth-order valence-electron chi connectivity index (χ4n) is 2.86. The van der Waals surface area contributed by atoms with Crippen LogP contribution in [0.1, 0.15) is 51.6 Å². The van der Waals surface area contributed by atoms with Crippen molar-refractivity contribution < 1.29 is 19.1 Å². The molecule has 1 unspecified atom stereocenters. The van der Waals surface area contributed by atoms with E-state index in [-0.39, 0.29) is 6.03 Å². The van der Waals surface area contributed by atoms with Gasteiger partial charge in [-0.2, -0.15) is 0 Å². The van der Waals surface area contributed by atoms with Crippen molar-refractivity contribution in [2.24, 2.45) is 5.92 Å². The molecule has 0 spiro atoms. The van der Waals surface area contributed by atoms with Crippen LogP contribution in [0.15, 0.2) is 35.5 Å². The van der Waals surface area contributed by atoms with Crippen LogP contribution in [0.3, 0.4) is 0 Å². The van der Waals surface area contributed by atoms with Gasteiger partial charge < -0.3 is 20.1 Å². The summed E-state index contributed by atoms with van der Waals surface area (Å²) >= 11 is 0. The lowest BCUT2D eigenvalue weighted by atomic mass is 9.93. The summed E-state index contributed by atoms with van der Waals surface area (Å²) in [5, 5.41) is 5.62. The van der Waals surface area contributed by atoms with E-state index in [1.807, 2.05) is 24.3 Å². The highest BCUT2D eigenvalue weighted by molar-refractivity contribution is 5.95. The Labute approximate surface area is 154 Å². The molecule has 0 fully saturated rings. The van der Waals surface area contributed by atoms with Gasteiger partial charge in [-0.05, 0) is 24.8 Å².